The summed E-state index contributed by atoms with van der Waals surface area (Å²) in [6.45, 7) is 6.12. The van der Waals surface area contributed by atoms with E-state index in [1.54, 1.807) is 12.1 Å². The van der Waals surface area contributed by atoms with E-state index < -0.39 is 11.2 Å². The van der Waals surface area contributed by atoms with Crippen molar-refractivity contribution in [2.75, 3.05) is 6.61 Å². The van der Waals surface area contributed by atoms with E-state index in [-0.39, 0.29) is 12.6 Å². The summed E-state index contributed by atoms with van der Waals surface area (Å²) in [5.74, 6) is 1.95. The highest BCUT2D eigenvalue weighted by atomic mass is 35.5. The number of ether oxygens (including phenoxy) is 1. The van der Waals surface area contributed by atoms with Gasteiger partial charge in [0.1, 0.15) is 11.6 Å². The van der Waals surface area contributed by atoms with Crippen molar-refractivity contribution in [1.29, 1.82) is 0 Å². The third-order valence-electron chi connectivity index (χ3n) is 7.51. The molecule has 0 bridgehead atoms. The summed E-state index contributed by atoms with van der Waals surface area (Å²) >= 11 is 7.55. The summed E-state index contributed by atoms with van der Waals surface area (Å²) in [5.41, 5.74) is 2.64. The Balaban J connectivity index is 1.33. The first-order valence-corrected chi connectivity index (χ1v) is 15.3. The fourth-order valence-corrected chi connectivity index (χ4v) is 6.48. The number of nitrogens with zero attached hydrogens (tertiary/aromatic N) is 8. The lowest BCUT2D eigenvalue weighted by Crippen LogP contribution is -2.31. The molecule has 0 spiro atoms. The number of hydrogen-bond donors (Lipinski definition) is 1. The van der Waals surface area contributed by atoms with Crippen LogP contribution in [0, 0.1) is 6.92 Å². The van der Waals surface area contributed by atoms with Gasteiger partial charge in [0, 0.05) is 37.3 Å². The Morgan fingerprint density at radius 1 is 1.12 bits per heavy atom. The second-order valence-electron chi connectivity index (χ2n) is 10.4. The van der Waals surface area contributed by atoms with E-state index in [0.717, 1.165) is 47.4 Å². The van der Waals surface area contributed by atoms with Crippen LogP contribution < -0.4 is 11.2 Å². The second kappa shape index (κ2) is 11.9. The summed E-state index contributed by atoms with van der Waals surface area (Å²) in [7, 11) is 1.93. The fraction of sp³-hybridized carbons (Fsp3) is 0.429. The Hall–Kier alpha value is -3.68. The maximum absolute atomic E-state index is 13.0. The van der Waals surface area contributed by atoms with Crippen molar-refractivity contribution in [3.8, 4) is 0 Å². The SMILES string of the molecule is CCn1c(CSc2nnc(Cc3cc(C)nn3C)n2CC2CCCO2)nc2c1c(=O)[nH]c(=O)n2Cc1ccc(Cl)cc1. The zero-order chi connectivity index (χ0) is 29.4. The lowest BCUT2D eigenvalue weighted by Gasteiger charge is -2.15. The first-order valence-electron chi connectivity index (χ1n) is 13.9. The smallest absolute Gasteiger partial charge is 0.330 e. The average Bonchev–Trinajstić information content (AvgIpc) is 3.75. The molecule has 220 valence electrons. The normalized spacial score (nSPS) is 15.3. The van der Waals surface area contributed by atoms with Crippen molar-refractivity contribution in [2.24, 2.45) is 7.05 Å². The van der Waals surface area contributed by atoms with Crippen molar-refractivity contribution < 1.29 is 4.74 Å². The standard InChI is InChI=1S/C28H32ClN9O3S/c1-4-36-23(30-25-24(36)26(39)31-27(40)38(25)14-18-7-9-19(29)10-8-18)16-42-28-33-32-22(13-20-12-17(2)34-35(20)3)37(28)15-21-6-5-11-41-21/h7-10,12,21H,4-6,11,13-16H2,1-3H3,(H,31,39,40). The van der Waals surface area contributed by atoms with Gasteiger partial charge >= 0.3 is 5.69 Å². The Morgan fingerprint density at radius 2 is 1.93 bits per heavy atom. The number of imidazole rings is 1. The third-order valence-corrected chi connectivity index (χ3v) is 8.72. The predicted molar refractivity (Wildman–Crippen MR) is 160 cm³/mol. The van der Waals surface area contributed by atoms with Crippen LogP contribution in [-0.4, -0.2) is 56.4 Å². The molecule has 1 aliphatic heterocycles. The molecule has 0 aliphatic carbocycles. The van der Waals surface area contributed by atoms with Crippen LogP contribution in [0.25, 0.3) is 11.2 Å². The number of halogens is 1. The van der Waals surface area contributed by atoms with E-state index in [4.69, 9.17) is 21.3 Å². The van der Waals surface area contributed by atoms with Crippen LogP contribution in [0.5, 0.6) is 0 Å². The Morgan fingerprint density at radius 3 is 2.62 bits per heavy atom. The van der Waals surface area contributed by atoms with Gasteiger partial charge < -0.3 is 13.9 Å². The topological polar surface area (TPSA) is 130 Å². The van der Waals surface area contributed by atoms with E-state index in [1.165, 1.54) is 16.3 Å². The Bertz CT molecular complexity index is 1850. The minimum atomic E-state index is -0.506. The van der Waals surface area contributed by atoms with Crippen molar-refractivity contribution in [3.05, 3.63) is 84.8 Å². The first kappa shape index (κ1) is 28.4. The average molecular weight is 610 g/mol. The lowest BCUT2D eigenvalue weighted by atomic mass is 10.2. The molecular weight excluding hydrogens is 578 g/mol. The number of fused-ring (bicyclic) bond motifs is 1. The van der Waals surface area contributed by atoms with Gasteiger partial charge in [0.05, 0.1) is 30.6 Å². The van der Waals surface area contributed by atoms with Crippen LogP contribution in [0.2, 0.25) is 5.02 Å². The summed E-state index contributed by atoms with van der Waals surface area (Å²) in [6, 6.07) is 9.31. The molecule has 1 fully saturated rings. The van der Waals surface area contributed by atoms with Gasteiger partial charge in [-0.2, -0.15) is 5.10 Å². The van der Waals surface area contributed by atoms with Gasteiger partial charge in [0.2, 0.25) is 0 Å². The highest BCUT2D eigenvalue weighted by Crippen LogP contribution is 2.26. The zero-order valence-corrected chi connectivity index (χ0v) is 25.3. The van der Waals surface area contributed by atoms with E-state index in [0.29, 0.717) is 47.3 Å². The van der Waals surface area contributed by atoms with E-state index in [1.807, 2.05) is 42.3 Å². The highest BCUT2D eigenvalue weighted by Gasteiger charge is 2.23. The van der Waals surface area contributed by atoms with Gasteiger partial charge in [-0.3, -0.25) is 19.0 Å². The number of aromatic nitrogens is 9. The number of benzene rings is 1. The molecule has 6 rings (SSSR count). The molecule has 12 nitrogen and oxygen atoms in total. The largest absolute Gasteiger partial charge is 0.376 e. The van der Waals surface area contributed by atoms with Gasteiger partial charge in [-0.15, -0.1) is 10.2 Å². The molecule has 1 atom stereocenters. The van der Waals surface area contributed by atoms with Crippen LogP contribution in [0.15, 0.2) is 45.1 Å². The second-order valence-corrected chi connectivity index (χ2v) is 11.8. The minimum absolute atomic E-state index is 0.105. The Kier molecular flexibility index (Phi) is 8.06. The van der Waals surface area contributed by atoms with Crippen LogP contribution in [0.3, 0.4) is 0 Å². The highest BCUT2D eigenvalue weighted by molar-refractivity contribution is 7.98. The fourth-order valence-electron chi connectivity index (χ4n) is 5.44. The zero-order valence-electron chi connectivity index (χ0n) is 23.7. The molecule has 1 aliphatic rings. The maximum Gasteiger partial charge on any atom is 0.330 e. The molecular formula is C28H32ClN9O3S. The number of nitrogens with one attached hydrogen (secondary N) is 1. The summed E-state index contributed by atoms with van der Waals surface area (Å²) in [4.78, 5) is 33.1. The molecule has 1 aromatic carbocycles. The molecule has 1 unspecified atom stereocenters. The van der Waals surface area contributed by atoms with Gasteiger partial charge in [-0.25, -0.2) is 9.78 Å². The van der Waals surface area contributed by atoms with Gasteiger partial charge in [-0.05, 0) is 50.5 Å². The van der Waals surface area contributed by atoms with Crippen LogP contribution in [0.1, 0.15) is 48.4 Å². The molecule has 0 amide bonds. The molecule has 14 heteroatoms. The van der Waals surface area contributed by atoms with Crippen LogP contribution in [-0.2, 0) is 43.6 Å². The van der Waals surface area contributed by atoms with E-state index in [9.17, 15) is 9.59 Å². The minimum Gasteiger partial charge on any atom is -0.376 e. The lowest BCUT2D eigenvalue weighted by molar-refractivity contribution is 0.0942. The molecule has 1 N–H and O–H groups in total. The van der Waals surface area contributed by atoms with Crippen molar-refractivity contribution in [1.82, 2.24) is 43.6 Å². The number of aromatic amines is 1. The molecule has 42 heavy (non-hydrogen) atoms. The van der Waals surface area contributed by atoms with E-state index in [2.05, 4.69) is 30.9 Å². The third kappa shape index (κ3) is 5.68. The van der Waals surface area contributed by atoms with Gasteiger partial charge in [0.15, 0.2) is 16.3 Å². The van der Waals surface area contributed by atoms with Crippen molar-refractivity contribution in [3.63, 3.8) is 0 Å². The number of H-pyrrole nitrogens is 1. The summed E-state index contributed by atoms with van der Waals surface area (Å²) < 4.78 is 13.3. The van der Waals surface area contributed by atoms with Gasteiger partial charge in [-0.1, -0.05) is 35.5 Å². The number of rotatable bonds is 10. The summed E-state index contributed by atoms with van der Waals surface area (Å²) in [6.07, 6.45) is 2.73. The molecule has 0 saturated carbocycles. The first-order chi connectivity index (χ1) is 20.3. The predicted octanol–water partition coefficient (Wildman–Crippen LogP) is 3.30. The van der Waals surface area contributed by atoms with Crippen molar-refractivity contribution >= 4 is 34.5 Å². The molecule has 0 radical (unpaired) electrons. The van der Waals surface area contributed by atoms with Crippen LogP contribution >= 0.6 is 23.4 Å². The molecule has 4 aromatic heterocycles. The van der Waals surface area contributed by atoms with Crippen molar-refractivity contribution in [2.45, 2.75) is 69.8 Å². The van der Waals surface area contributed by atoms with Gasteiger partial charge in [0.25, 0.3) is 5.56 Å². The summed E-state index contributed by atoms with van der Waals surface area (Å²) in [5, 5.41) is 14.9. The maximum atomic E-state index is 13.0. The monoisotopic (exact) mass is 609 g/mol. The van der Waals surface area contributed by atoms with E-state index >= 15 is 0 Å². The Labute approximate surface area is 250 Å². The molecule has 5 heterocycles. The molecule has 1 saturated heterocycles. The molecule has 5 aromatic rings. The number of thioether (sulfide) groups is 1. The number of aryl methyl sites for hydroxylation is 3. The quantitative estimate of drug-likeness (QED) is 0.239. The van der Waals surface area contributed by atoms with Crippen LogP contribution in [0.4, 0.5) is 0 Å². The number of hydrogen-bond acceptors (Lipinski definition) is 8.